The first-order valence-corrected chi connectivity index (χ1v) is 10.0. The number of Topliss-reactive ketones (excluding diaryl/α,β-unsaturated/α-hetero) is 1. The van der Waals surface area contributed by atoms with Gasteiger partial charge in [0.15, 0.2) is 0 Å². The molecule has 0 spiro atoms. The number of anilines is 1. The van der Waals surface area contributed by atoms with Crippen molar-refractivity contribution in [1.29, 1.82) is 0 Å². The molecular formula is C25H23NO5. The van der Waals surface area contributed by atoms with Gasteiger partial charge in [-0.15, -0.1) is 0 Å². The van der Waals surface area contributed by atoms with E-state index in [0.717, 1.165) is 12.0 Å². The van der Waals surface area contributed by atoms with Gasteiger partial charge in [0.05, 0.1) is 12.7 Å². The Morgan fingerprint density at radius 2 is 1.71 bits per heavy atom. The predicted octanol–water partition coefficient (Wildman–Crippen LogP) is 4.79. The Morgan fingerprint density at radius 1 is 1.03 bits per heavy atom. The maximum absolute atomic E-state index is 13.1. The SMILES string of the molecule is CCc1ccc(N2C(=O)C(=O)/C(=C(\O)c3ccc(OC)cc3)C2c2ccc(C)o2)cc1. The molecule has 0 radical (unpaired) electrons. The Hall–Kier alpha value is -3.80. The standard InChI is InChI=1S/C25H23NO5/c1-4-16-6-10-18(11-7-16)26-22(20-14-5-15(2)31-20)21(24(28)25(26)29)23(27)17-8-12-19(30-3)13-9-17/h5-14,22,27H,4H2,1-3H3/b23-21-. The van der Waals surface area contributed by atoms with Gasteiger partial charge in [-0.2, -0.15) is 0 Å². The second-order valence-corrected chi connectivity index (χ2v) is 7.37. The number of hydrogen-bond donors (Lipinski definition) is 1. The van der Waals surface area contributed by atoms with Gasteiger partial charge in [0.2, 0.25) is 0 Å². The molecule has 158 valence electrons. The minimum absolute atomic E-state index is 0.0101. The summed E-state index contributed by atoms with van der Waals surface area (Å²) in [4.78, 5) is 27.5. The average molecular weight is 417 g/mol. The first-order valence-electron chi connectivity index (χ1n) is 10.0. The summed E-state index contributed by atoms with van der Waals surface area (Å²) in [5.74, 6) is -0.0537. The van der Waals surface area contributed by atoms with E-state index in [1.54, 1.807) is 62.6 Å². The van der Waals surface area contributed by atoms with E-state index >= 15 is 0 Å². The average Bonchev–Trinajstić information content (AvgIpc) is 3.34. The zero-order valence-corrected chi connectivity index (χ0v) is 17.6. The van der Waals surface area contributed by atoms with Crippen LogP contribution in [0.5, 0.6) is 5.75 Å². The predicted molar refractivity (Wildman–Crippen MR) is 117 cm³/mol. The molecule has 1 saturated heterocycles. The summed E-state index contributed by atoms with van der Waals surface area (Å²) >= 11 is 0. The molecule has 1 unspecified atom stereocenters. The highest BCUT2D eigenvalue weighted by molar-refractivity contribution is 6.51. The largest absolute Gasteiger partial charge is 0.507 e. The van der Waals surface area contributed by atoms with Crippen molar-refractivity contribution in [2.75, 3.05) is 12.0 Å². The number of amides is 1. The Bertz CT molecular complexity index is 1160. The van der Waals surface area contributed by atoms with Gasteiger partial charge in [-0.1, -0.05) is 19.1 Å². The molecule has 6 heteroatoms. The van der Waals surface area contributed by atoms with Crippen LogP contribution in [0.2, 0.25) is 0 Å². The maximum atomic E-state index is 13.1. The lowest BCUT2D eigenvalue weighted by Gasteiger charge is -2.23. The number of nitrogens with zero attached hydrogens (tertiary/aromatic N) is 1. The first kappa shape index (κ1) is 20.5. The van der Waals surface area contributed by atoms with Gasteiger partial charge >= 0.3 is 0 Å². The number of rotatable bonds is 5. The zero-order chi connectivity index (χ0) is 22.1. The third kappa shape index (κ3) is 3.61. The molecule has 2 aromatic carbocycles. The van der Waals surface area contributed by atoms with Crippen LogP contribution in [0, 0.1) is 6.92 Å². The number of hydrogen-bond acceptors (Lipinski definition) is 5. The molecule has 1 atom stereocenters. The lowest BCUT2D eigenvalue weighted by atomic mass is 9.99. The van der Waals surface area contributed by atoms with Crippen LogP contribution in [-0.4, -0.2) is 23.9 Å². The van der Waals surface area contributed by atoms with Crippen LogP contribution in [0.4, 0.5) is 5.69 Å². The molecular weight excluding hydrogens is 394 g/mol. The van der Waals surface area contributed by atoms with Crippen LogP contribution in [-0.2, 0) is 16.0 Å². The van der Waals surface area contributed by atoms with Crippen LogP contribution in [0.1, 0.15) is 35.6 Å². The van der Waals surface area contributed by atoms with Crippen molar-refractivity contribution < 1.29 is 23.8 Å². The van der Waals surface area contributed by atoms with Crippen molar-refractivity contribution in [3.63, 3.8) is 0 Å². The number of ether oxygens (including phenoxy) is 1. The van der Waals surface area contributed by atoms with E-state index in [9.17, 15) is 14.7 Å². The Morgan fingerprint density at radius 3 is 2.26 bits per heavy atom. The molecule has 1 N–H and O–H groups in total. The van der Waals surface area contributed by atoms with Gasteiger partial charge in [0, 0.05) is 11.3 Å². The summed E-state index contributed by atoms with van der Waals surface area (Å²) in [5, 5.41) is 11.1. The molecule has 6 nitrogen and oxygen atoms in total. The van der Waals surface area contributed by atoms with Crippen LogP contribution in [0.15, 0.2) is 70.7 Å². The summed E-state index contributed by atoms with van der Waals surface area (Å²) in [6.07, 6.45) is 0.859. The first-order chi connectivity index (χ1) is 14.9. The Kier molecular flexibility index (Phi) is 5.38. The molecule has 1 aromatic heterocycles. The maximum Gasteiger partial charge on any atom is 0.300 e. The summed E-state index contributed by atoms with van der Waals surface area (Å²) in [7, 11) is 1.55. The lowest BCUT2D eigenvalue weighted by molar-refractivity contribution is -0.132. The van der Waals surface area contributed by atoms with E-state index in [2.05, 4.69) is 0 Å². The third-order valence-corrected chi connectivity index (χ3v) is 5.46. The molecule has 4 rings (SSSR count). The van der Waals surface area contributed by atoms with E-state index < -0.39 is 17.7 Å². The monoisotopic (exact) mass is 417 g/mol. The van der Waals surface area contributed by atoms with E-state index in [0.29, 0.717) is 28.5 Å². The molecule has 0 saturated carbocycles. The number of aryl methyl sites for hydroxylation is 2. The fraction of sp³-hybridized carbons (Fsp3) is 0.200. The molecule has 0 aliphatic carbocycles. The topological polar surface area (TPSA) is 80.0 Å². The normalized spacial score (nSPS) is 17.9. The molecule has 1 amide bonds. The van der Waals surface area contributed by atoms with Gasteiger partial charge in [0.1, 0.15) is 29.1 Å². The van der Waals surface area contributed by atoms with Crippen LogP contribution in [0.25, 0.3) is 5.76 Å². The van der Waals surface area contributed by atoms with Gasteiger partial charge in [0.25, 0.3) is 11.7 Å². The van der Waals surface area contributed by atoms with Gasteiger partial charge in [-0.05, 0) is 67.4 Å². The molecule has 0 bridgehead atoms. The second-order valence-electron chi connectivity index (χ2n) is 7.37. The molecule has 3 aromatic rings. The summed E-state index contributed by atoms with van der Waals surface area (Å²) in [5.41, 5.74) is 2.08. The molecule has 1 fully saturated rings. The van der Waals surface area contributed by atoms with Crippen LogP contribution < -0.4 is 9.64 Å². The lowest BCUT2D eigenvalue weighted by Crippen LogP contribution is -2.29. The van der Waals surface area contributed by atoms with Crippen molar-refractivity contribution >= 4 is 23.1 Å². The highest BCUT2D eigenvalue weighted by Gasteiger charge is 2.48. The van der Waals surface area contributed by atoms with Crippen molar-refractivity contribution in [2.24, 2.45) is 0 Å². The van der Waals surface area contributed by atoms with Gasteiger partial charge < -0.3 is 14.3 Å². The van der Waals surface area contributed by atoms with Crippen molar-refractivity contribution in [2.45, 2.75) is 26.3 Å². The second kappa shape index (κ2) is 8.14. The number of aliphatic hydroxyl groups excluding tert-OH is 1. The van der Waals surface area contributed by atoms with Crippen molar-refractivity contribution in [3.8, 4) is 5.75 Å². The number of carbonyl (C=O) groups excluding carboxylic acids is 2. The number of furan rings is 1. The molecule has 2 heterocycles. The minimum Gasteiger partial charge on any atom is -0.507 e. The highest BCUT2D eigenvalue weighted by atomic mass is 16.5. The third-order valence-electron chi connectivity index (χ3n) is 5.46. The fourth-order valence-electron chi connectivity index (χ4n) is 3.77. The zero-order valence-electron chi connectivity index (χ0n) is 17.6. The van der Waals surface area contributed by atoms with Crippen LogP contribution >= 0.6 is 0 Å². The number of aliphatic hydroxyl groups is 1. The summed E-state index contributed by atoms with van der Waals surface area (Å²) in [6.45, 7) is 3.83. The quantitative estimate of drug-likeness (QED) is 0.367. The van der Waals surface area contributed by atoms with E-state index in [-0.39, 0.29) is 11.3 Å². The number of methoxy groups -OCH3 is 1. The molecule has 31 heavy (non-hydrogen) atoms. The van der Waals surface area contributed by atoms with Gasteiger partial charge in [-0.25, -0.2) is 0 Å². The number of benzene rings is 2. The minimum atomic E-state index is -0.872. The summed E-state index contributed by atoms with van der Waals surface area (Å²) in [6, 6.07) is 16.7. The van der Waals surface area contributed by atoms with E-state index in [4.69, 9.17) is 9.15 Å². The Balaban J connectivity index is 1.88. The highest BCUT2D eigenvalue weighted by Crippen LogP contribution is 2.42. The van der Waals surface area contributed by atoms with Crippen molar-refractivity contribution in [1.82, 2.24) is 0 Å². The van der Waals surface area contributed by atoms with Crippen LogP contribution in [0.3, 0.4) is 0 Å². The number of ketones is 1. The van der Waals surface area contributed by atoms with Crippen molar-refractivity contribution in [3.05, 3.63) is 88.9 Å². The summed E-state index contributed by atoms with van der Waals surface area (Å²) < 4.78 is 11.0. The van der Waals surface area contributed by atoms with E-state index in [1.807, 2.05) is 19.1 Å². The number of carbonyl (C=O) groups is 2. The smallest absolute Gasteiger partial charge is 0.300 e. The Labute approximate surface area is 180 Å². The van der Waals surface area contributed by atoms with E-state index in [1.165, 1.54) is 4.90 Å². The van der Waals surface area contributed by atoms with Gasteiger partial charge in [-0.3, -0.25) is 14.5 Å². The molecule has 1 aliphatic heterocycles. The molecule has 1 aliphatic rings. The fourth-order valence-corrected chi connectivity index (χ4v) is 3.77.